The minimum atomic E-state index is 0.563. The molecule has 0 saturated heterocycles. The number of hydrogen-bond donors (Lipinski definition) is 0. The van der Waals surface area contributed by atoms with Crippen LogP contribution in [-0.4, -0.2) is 28.3 Å². The normalized spacial score (nSPS) is 19.3. The SMILES string of the molecule is CC(C)C(C)c1cc2n(n1)CCN(C)C2. The molecule has 1 unspecified atom stereocenters. The van der Waals surface area contributed by atoms with Crippen LogP contribution < -0.4 is 0 Å². The van der Waals surface area contributed by atoms with Gasteiger partial charge in [-0.2, -0.15) is 5.10 Å². The Bertz CT molecular complexity index is 341. The maximum absolute atomic E-state index is 4.70. The maximum atomic E-state index is 4.70. The van der Waals surface area contributed by atoms with Gasteiger partial charge in [-0.05, 0) is 19.0 Å². The minimum Gasteiger partial charge on any atom is -0.299 e. The largest absolute Gasteiger partial charge is 0.299 e. The lowest BCUT2D eigenvalue weighted by atomic mass is 9.95. The molecule has 15 heavy (non-hydrogen) atoms. The van der Waals surface area contributed by atoms with Crippen LogP contribution in [0.15, 0.2) is 6.07 Å². The van der Waals surface area contributed by atoms with Gasteiger partial charge in [-0.25, -0.2) is 0 Å². The average molecular weight is 207 g/mol. The third-order valence-corrected chi connectivity index (χ3v) is 3.47. The van der Waals surface area contributed by atoms with Crippen LogP contribution in [0.1, 0.15) is 38.1 Å². The molecule has 1 aliphatic rings. The van der Waals surface area contributed by atoms with Gasteiger partial charge in [0.05, 0.1) is 17.9 Å². The lowest BCUT2D eigenvalue weighted by Crippen LogP contribution is -2.30. The molecule has 3 nitrogen and oxygen atoms in total. The summed E-state index contributed by atoms with van der Waals surface area (Å²) in [5.41, 5.74) is 2.63. The Labute approximate surface area is 92.1 Å². The molecule has 0 fully saturated rings. The van der Waals surface area contributed by atoms with Crippen molar-refractivity contribution in [3.63, 3.8) is 0 Å². The summed E-state index contributed by atoms with van der Waals surface area (Å²) in [5.74, 6) is 1.23. The number of aromatic nitrogens is 2. The van der Waals surface area contributed by atoms with E-state index >= 15 is 0 Å². The Kier molecular flexibility index (Phi) is 2.83. The third-order valence-electron chi connectivity index (χ3n) is 3.47. The molecule has 0 radical (unpaired) electrons. The molecule has 0 saturated carbocycles. The van der Waals surface area contributed by atoms with E-state index in [1.807, 2.05) is 0 Å². The van der Waals surface area contributed by atoms with Crippen LogP contribution in [0.3, 0.4) is 0 Å². The summed E-state index contributed by atoms with van der Waals surface area (Å²) in [6, 6.07) is 2.28. The zero-order valence-electron chi connectivity index (χ0n) is 10.2. The van der Waals surface area contributed by atoms with Crippen molar-refractivity contribution in [2.24, 2.45) is 5.92 Å². The minimum absolute atomic E-state index is 0.563. The summed E-state index contributed by atoms with van der Waals surface area (Å²) in [4.78, 5) is 2.35. The molecular weight excluding hydrogens is 186 g/mol. The van der Waals surface area contributed by atoms with Crippen molar-refractivity contribution in [3.8, 4) is 0 Å². The first-order valence-corrected chi connectivity index (χ1v) is 5.83. The first kappa shape index (κ1) is 10.7. The predicted molar refractivity (Wildman–Crippen MR) is 61.8 cm³/mol. The van der Waals surface area contributed by atoms with Crippen LogP contribution in [-0.2, 0) is 13.1 Å². The lowest BCUT2D eigenvalue weighted by Gasteiger charge is -2.22. The molecule has 2 heterocycles. The maximum Gasteiger partial charge on any atom is 0.0658 e. The summed E-state index contributed by atoms with van der Waals surface area (Å²) in [6.45, 7) is 9.98. The molecule has 0 aliphatic carbocycles. The van der Waals surface area contributed by atoms with Gasteiger partial charge in [-0.15, -0.1) is 0 Å². The highest BCUT2D eigenvalue weighted by atomic mass is 15.3. The second-order valence-corrected chi connectivity index (χ2v) is 5.05. The summed E-state index contributed by atoms with van der Waals surface area (Å²) in [6.07, 6.45) is 0. The quantitative estimate of drug-likeness (QED) is 0.740. The van der Waals surface area contributed by atoms with Gasteiger partial charge in [0.2, 0.25) is 0 Å². The van der Waals surface area contributed by atoms with E-state index in [9.17, 15) is 0 Å². The lowest BCUT2D eigenvalue weighted by molar-refractivity contribution is 0.258. The van der Waals surface area contributed by atoms with Crippen LogP contribution in [0.2, 0.25) is 0 Å². The van der Waals surface area contributed by atoms with Crippen molar-refractivity contribution in [3.05, 3.63) is 17.5 Å². The van der Waals surface area contributed by atoms with Crippen molar-refractivity contribution in [1.82, 2.24) is 14.7 Å². The van der Waals surface area contributed by atoms with Crippen molar-refractivity contribution in [2.45, 2.75) is 39.8 Å². The Balaban J connectivity index is 2.22. The molecule has 2 rings (SSSR count). The molecule has 3 heteroatoms. The highest BCUT2D eigenvalue weighted by Gasteiger charge is 2.19. The van der Waals surface area contributed by atoms with E-state index in [0.717, 1.165) is 19.6 Å². The van der Waals surface area contributed by atoms with E-state index in [-0.39, 0.29) is 0 Å². The molecule has 1 atom stereocenters. The van der Waals surface area contributed by atoms with E-state index in [1.54, 1.807) is 0 Å². The Hall–Kier alpha value is -0.830. The first-order chi connectivity index (χ1) is 7.08. The molecular formula is C12H21N3. The Morgan fingerprint density at radius 1 is 1.27 bits per heavy atom. The van der Waals surface area contributed by atoms with Gasteiger partial charge < -0.3 is 0 Å². The summed E-state index contributed by atoms with van der Waals surface area (Å²) in [5, 5.41) is 4.70. The van der Waals surface area contributed by atoms with Crippen LogP contribution >= 0.6 is 0 Å². The van der Waals surface area contributed by atoms with Gasteiger partial charge >= 0.3 is 0 Å². The van der Waals surface area contributed by atoms with Crippen molar-refractivity contribution in [1.29, 1.82) is 0 Å². The van der Waals surface area contributed by atoms with Crippen molar-refractivity contribution in [2.75, 3.05) is 13.6 Å². The number of likely N-dealkylation sites (N-methyl/N-ethyl adjacent to an activating group) is 1. The monoisotopic (exact) mass is 207 g/mol. The second kappa shape index (κ2) is 3.97. The Morgan fingerprint density at radius 2 is 2.00 bits per heavy atom. The fourth-order valence-electron chi connectivity index (χ4n) is 1.98. The van der Waals surface area contributed by atoms with Crippen LogP contribution in [0, 0.1) is 5.92 Å². The molecule has 1 aliphatic heterocycles. The molecule has 1 aromatic rings. The molecule has 0 spiro atoms. The molecule has 0 N–H and O–H groups in total. The van der Waals surface area contributed by atoms with E-state index in [4.69, 9.17) is 5.10 Å². The van der Waals surface area contributed by atoms with Gasteiger partial charge in [-0.1, -0.05) is 20.8 Å². The smallest absolute Gasteiger partial charge is 0.0658 e. The number of rotatable bonds is 2. The fourth-order valence-corrected chi connectivity index (χ4v) is 1.98. The number of fused-ring (bicyclic) bond motifs is 1. The molecule has 1 aromatic heterocycles. The standard InChI is InChI=1S/C12H21N3/c1-9(2)10(3)12-7-11-8-14(4)5-6-15(11)13-12/h7,9-10H,5-6,8H2,1-4H3. The zero-order valence-corrected chi connectivity index (χ0v) is 10.2. The van der Waals surface area contributed by atoms with E-state index in [0.29, 0.717) is 11.8 Å². The summed E-state index contributed by atoms with van der Waals surface area (Å²) in [7, 11) is 2.17. The predicted octanol–water partition coefficient (Wildman–Crippen LogP) is 2.09. The second-order valence-electron chi connectivity index (χ2n) is 5.05. The highest BCUT2D eigenvalue weighted by Crippen LogP contribution is 2.24. The van der Waals surface area contributed by atoms with Crippen LogP contribution in [0.25, 0.3) is 0 Å². The fraction of sp³-hybridized carbons (Fsp3) is 0.750. The summed E-state index contributed by atoms with van der Waals surface area (Å²) < 4.78 is 2.17. The summed E-state index contributed by atoms with van der Waals surface area (Å²) >= 11 is 0. The van der Waals surface area contributed by atoms with E-state index in [1.165, 1.54) is 11.4 Å². The average Bonchev–Trinajstić information content (AvgIpc) is 2.58. The van der Waals surface area contributed by atoms with Crippen molar-refractivity contribution >= 4 is 0 Å². The highest BCUT2D eigenvalue weighted by molar-refractivity contribution is 5.15. The van der Waals surface area contributed by atoms with Gasteiger partial charge in [0, 0.05) is 19.0 Å². The molecule has 84 valence electrons. The van der Waals surface area contributed by atoms with Crippen molar-refractivity contribution < 1.29 is 0 Å². The Morgan fingerprint density at radius 3 is 2.67 bits per heavy atom. The number of nitrogens with zero attached hydrogens (tertiary/aromatic N) is 3. The third kappa shape index (κ3) is 2.07. The van der Waals surface area contributed by atoms with Gasteiger partial charge in [-0.3, -0.25) is 9.58 Å². The van der Waals surface area contributed by atoms with Crippen LogP contribution in [0.5, 0.6) is 0 Å². The van der Waals surface area contributed by atoms with Crippen LogP contribution in [0.4, 0.5) is 0 Å². The van der Waals surface area contributed by atoms with Gasteiger partial charge in [0.15, 0.2) is 0 Å². The zero-order chi connectivity index (χ0) is 11.0. The topological polar surface area (TPSA) is 21.1 Å². The molecule has 0 bridgehead atoms. The van der Waals surface area contributed by atoms with E-state index in [2.05, 4.69) is 43.5 Å². The first-order valence-electron chi connectivity index (χ1n) is 5.83. The molecule has 0 aromatic carbocycles. The van der Waals surface area contributed by atoms with E-state index < -0.39 is 0 Å². The number of hydrogen-bond acceptors (Lipinski definition) is 2. The molecule has 0 amide bonds. The van der Waals surface area contributed by atoms with Gasteiger partial charge in [0.25, 0.3) is 0 Å². The van der Waals surface area contributed by atoms with Gasteiger partial charge in [0.1, 0.15) is 0 Å².